The highest BCUT2D eigenvalue weighted by Crippen LogP contribution is 2.17. The van der Waals surface area contributed by atoms with Crippen molar-refractivity contribution in [3.8, 4) is 5.75 Å². The zero-order valence-electron chi connectivity index (χ0n) is 16.0. The number of halogens is 1. The van der Waals surface area contributed by atoms with Gasteiger partial charge >= 0.3 is 0 Å². The molecule has 4 N–H and O–H groups in total. The van der Waals surface area contributed by atoms with Crippen LogP contribution in [-0.2, 0) is 17.1 Å². The molecule has 8 heteroatoms. The maximum absolute atomic E-state index is 13.5. The Labute approximate surface area is 168 Å². The maximum Gasteiger partial charge on any atom is 0.243 e. The largest absolute Gasteiger partial charge is 0.508 e. The highest BCUT2D eigenvalue weighted by Gasteiger charge is 2.07. The molecule has 0 unspecified atom stereocenters. The molecule has 0 aliphatic rings. The van der Waals surface area contributed by atoms with Crippen molar-refractivity contribution in [3.63, 3.8) is 0 Å². The number of phenols is 1. The Morgan fingerprint density at radius 3 is 2.57 bits per heavy atom. The van der Waals surface area contributed by atoms with Gasteiger partial charge in [0.05, 0.1) is 13.1 Å². The van der Waals surface area contributed by atoms with Crippen molar-refractivity contribution < 1.29 is 14.3 Å². The predicted octanol–water partition coefficient (Wildman–Crippen LogP) is 3.09. The Morgan fingerprint density at radius 1 is 1.14 bits per heavy atom. The average molecular weight is 405 g/mol. The number of guanidine groups is 1. The Kier molecular flexibility index (Phi) is 8.61. The van der Waals surface area contributed by atoms with E-state index >= 15 is 0 Å². The summed E-state index contributed by atoms with van der Waals surface area (Å²) in [6.45, 7) is 3.00. The Morgan fingerprint density at radius 2 is 1.89 bits per heavy atom. The molecule has 28 heavy (non-hydrogen) atoms. The maximum atomic E-state index is 13.5. The van der Waals surface area contributed by atoms with Gasteiger partial charge < -0.3 is 21.1 Å². The number of nitrogens with zero attached hydrogens (tertiary/aromatic N) is 1. The lowest BCUT2D eigenvalue weighted by atomic mass is 10.1. The second-order valence-corrected chi connectivity index (χ2v) is 6.86. The van der Waals surface area contributed by atoms with Crippen LogP contribution < -0.4 is 16.0 Å². The minimum absolute atomic E-state index is 0.0355. The first-order valence-corrected chi connectivity index (χ1v) is 10.3. The summed E-state index contributed by atoms with van der Waals surface area (Å²) < 4.78 is 13.5. The van der Waals surface area contributed by atoms with Crippen LogP contribution in [0.4, 0.5) is 10.1 Å². The van der Waals surface area contributed by atoms with Crippen LogP contribution in [0.25, 0.3) is 0 Å². The third-order valence-electron chi connectivity index (χ3n) is 3.79. The van der Waals surface area contributed by atoms with E-state index in [2.05, 4.69) is 20.9 Å². The van der Waals surface area contributed by atoms with Gasteiger partial charge in [0, 0.05) is 18.0 Å². The number of benzene rings is 2. The fourth-order valence-electron chi connectivity index (χ4n) is 2.46. The zero-order valence-corrected chi connectivity index (χ0v) is 16.8. The van der Waals surface area contributed by atoms with Crippen LogP contribution >= 0.6 is 11.8 Å². The molecular formula is C20H25FN4O2S. The lowest BCUT2D eigenvalue weighted by molar-refractivity contribution is -0.115. The van der Waals surface area contributed by atoms with E-state index in [1.165, 1.54) is 24.3 Å². The summed E-state index contributed by atoms with van der Waals surface area (Å²) in [6.07, 6.45) is 1.97. The van der Waals surface area contributed by atoms with E-state index in [4.69, 9.17) is 0 Å². The first kappa shape index (κ1) is 21.6. The van der Waals surface area contributed by atoms with Gasteiger partial charge in [-0.3, -0.25) is 4.79 Å². The first-order chi connectivity index (χ1) is 13.5. The summed E-state index contributed by atoms with van der Waals surface area (Å²) in [5.74, 6) is 0.859. The van der Waals surface area contributed by atoms with Crippen LogP contribution in [-0.4, -0.2) is 36.3 Å². The summed E-state index contributed by atoms with van der Waals surface area (Å²) in [7, 11) is 0. The Hall–Kier alpha value is -2.74. The second-order valence-electron chi connectivity index (χ2n) is 5.99. The van der Waals surface area contributed by atoms with E-state index in [-0.39, 0.29) is 24.0 Å². The van der Waals surface area contributed by atoms with Crippen molar-refractivity contribution in [2.75, 3.05) is 24.7 Å². The number of aliphatic imine (C=N–C) groups is 1. The quantitative estimate of drug-likeness (QED) is 0.309. The van der Waals surface area contributed by atoms with Gasteiger partial charge in [-0.1, -0.05) is 6.07 Å². The smallest absolute Gasteiger partial charge is 0.243 e. The standard InChI is InChI=1S/C20H25FN4O2S/c1-3-22-20(23-11-14-4-5-16(21)10-15(14)13-28-2)24-12-19(27)25-17-6-8-18(26)9-7-17/h4-10,26H,3,11-13H2,1-2H3,(H,25,27)(H2,22,23,24). The van der Waals surface area contributed by atoms with Gasteiger partial charge in [0.2, 0.25) is 5.91 Å². The van der Waals surface area contributed by atoms with Gasteiger partial charge in [-0.2, -0.15) is 11.8 Å². The lowest BCUT2D eigenvalue weighted by Gasteiger charge is -2.12. The molecule has 0 radical (unpaired) electrons. The minimum Gasteiger partial charge on any atom is -0.508 e. The summed E-state index contributed by atoms with van der Waals surface area (Å²) >= 11 is 1.62. The molecule has 2 aromatic rings. The van der Waals surface area contributed by atoms with E-state index in [1.54, 1.807) is 30.0 Å². The van der Waals surface area contributed by atoms with Crippen molar-refractivity contribution in [2.24, 2.45) is 4.99 Å². The van der Waals surface area contributed by atoms with Crippen LogP contribution in [0.15, 0.2) is 47.5 Å². The summed E-state index contributed by atoms with van der Waals surface area (Å²) in [5, 5.41) is 18.1. The van der Waals surface area contributed by atoms with E-state index in [9.17, 15) is 14.3 Å². The number of aromatic hydroxyl groups is 1. The van der Waals surface area contributed by atoms with Crippen molar-refractivity contribution >= 4 is 29.3 Å². The topological polar surface area (TPSA) is 85.8 Å². The number of rotatable bonds is 8. The zero-order chi connectivity index (χ0) is 20.4. The summed E-state index contributed by atoms with van der Waals surface area (Å²) in [4.78, 5) is 16.6. The lowest BCUT2D eigenvalue weighted by Crippen LogP contribution is -2.41. The van der Waals surface area contributed by atoms with Gasteiger partial charge in [-0.05, 0) is 60.7 Å². The van der Waals surface area contributed by atoms with E-state index in [0.717, 1.165) is 11.1 Å². The Bertz CT molecular complexity index is 812. The number of thioether (sulfide) groups is 1. The van der Waals surface area contributed by atoms with Gasteiger partial charge in [0.15, 0.2) is 5.96 Å². The van der Waals surface area contributed by atoms with Gasteiger partial charge in [-0.15, -0.1) is 0 Å². The number of anilines is 1. The van der Waals surface area contributed by atoms with E-state index < -0.39 is 0 Å². The van der Waals surface area contributed by atoms with Crippen LogP contribution in [0.5, 0.6) is 5.75 Å². The fourth-order valence-corrected chi connectivity index (χ4v) is 3.04. The molecule has 0 heterocycles. The van der Waals surface area contributed by atoms with E-state index in [0.29, 0.717) is 30.5 Å². The monoisotopic (exact) mass is 404 g/mol. The van der Waals surface area contributed by atoms with Crippen molar-refractivity contribution in [1.29, 1.82) is 0 Å². The third kappa shape index (κ3) is 7.11. The molecule has 0 saturated carbocycles. The van der Waals surface area contributed by atoms with Crippen LogP contribution in [0.1, 0.15) is 18.1 Å². The normalized spacial score (nSPS) is 11.2. The predicted molar refractivity (Wildman–Crippen MR) is 113 cm³/mol. The molecule has 0 aromatic heterocycles. The molecule has 1 amide bonds. The molecule has 0 bridgehead atoms. The molecule has 6 nitrogen and oxygen atoms in total. The van der Waals surface area contributed by atoms with Gasteiger partial charge in [0.25, 0.3) is 0 Å². The molecular weight excluding hydrogens is 379 g/mol. The average Bonchev–Trinajstić information content (AvgIpc) is 2.67. The number of phenolic OH excluding ortho intramolecular Hbond substituents is 1. The van der Waals surface area contributed by atoms with Crippen molar-refractivity contribution in [1.82, 2.24) is 10.6 Å². The molecule has 2 aromatic carbocycles. The van der Waals surface area contributed by atoms with Gasteiger partial charge in [-0.25, -0.2) is 9.38 Å². The number of nitrogens with one attached hydrogen (secondary N) is 3. The SMILES string of the molecule is CCNC(=NCc1ccc(F)cc1CSC)NCC(=O)Nc1ccc(O)cc1. The van der Waals surface area contributed by atoms with E-state index in [1.807, 2.05) is 13.2 Å². The molecule has 0 aliphatic carbocycles. The summed E-state index contributed by atoms with van der Waals surface area (Å²) in [6, 6.07) is 11.0. The second kappa shape index (κ2) is 11.2. The molecule has 2 rings (SSSR count). The molecule has 0 saturated heterocycles. The fraction of sp³-hybridized carbons (Fsp3) is 0.300. The molecule has 0 spiro atoms. The number of hydrogen-bond acceptors (Lipinski definition) is 4. The third-order valence-corrected chi connectivity index (χ3v) is 4.39. The highest BCUT2D eigenvalue weighted by molar-refractivity contribution is 7.97. The first-order valence-electron chi connectivity index (χ1n) is 8.89. The van der Waals surface area contributed by atoms with Crippen molar-refractivity contribution in [3.05, 3.63) is 59.4 Å². The number of carbonyl (C=O) groups is 1. The number of carbonyl (C=O) groups excluding carboxylic acids is 1. The number of hydrogen-bond donors (Lipinski definition) is 4. The molecule has 0 aliphatic heterocycles. The summed E-state index contributed by atoms with van der Waals surface area (Å²) in [5.41, 5.74) is 2.46. The van der Waals surface area contributed by atoms with Crippen LogP contribution in [0.2, 0.25) is 0 Å². The Balaban J connectivity index is 1.96. The molecule has 0 fully saturated rings. The minimum atomic E-state index is -0.257. The molecule has 0 atom stereocenters. The number of amides is 1. The van der Waals surface area contributed by atoms with Crippen LogP contribution in [0.3, 0.4) is 0 Å². The van der Waals surface area contributed by atoms with Crippen molar-refractivity contribution in [2.45, 2.75) is 19.2 Å². The van der Waals surface area contributed by atoms with Gasteiger partial charge in [0.1, 0.15) is 11.6 Å². The highest BCUT2D eigenvalue weighted by atomic mass is 32.2. The molecule has 150 valence electrons. The van der Waals surface area contributed by atoms with Crippen LogP contribution in [0, 0.1) is 5.82 Å².